The Hall–Kier alpha value is -2.85. The largest absolute Gasteiger partial charge is 0.489 e. The maximum Gasteiger partial charge on any atom is 0.305 e. The van der Waals surface area contributed by atoms with Gasteiger partial charge in [-0.2, -0.15) is 0 Å². The van der Waals surface area contributed by atoms with Crippen LogP contribution >= 0.6 is 50.6 Å². The van der Waals surface area contributed by atoms with Crippen molar-refractivity contribution in [3.8, 4) is 5.75 Å². The number of carbonyl (C=O) groups is 2. The maximum absolute atomic E-state index is 13.9. The molecule has 1 fully saturated rings. The van der Waals surface area contributed by atoms with Crippen LogP contribution in [0.2, 0.25) is 5.02 Å². The first kappa shape index (κ1) is 24.5. The van der Waals surface area contributed by atoms with Crippen LogP contribution in [0.4, 0.5) is 5.69 Å². The number of halogens is 2. The van der Waals surface area contributed by atoms with E-state index in [1.54, 1.807) is 42.5 Å². The number of carbonyl (C=O) groups excluding carboxylic acids is 2. The van der Waals surface area contributed by atoms with E-state index in [-0.39, 0.29) is 16.7 Å². The van der Waals surface area contributed by atoms with Crippen molar-refractivity contribution in [3.05, 3.63) is 108 Å². The van der Waals surface area contributed by atoms with Crippen molar-refractivity contribution >= 4 is 68.1 Å². The number of ether oxygens (including phenoxy) is 1. The normalized spacial score (nSPS) is 20.6. The molecule has 0 spiro atoms. The van der Waals surface area contributed by atoms with Crippen LogP contribution < -0.4 is 14.5 Å². The molecule has 1 aromatic heterocycles. The van der Waals surface area contributed by atoms with E-state index < -0.39 is 17.1 Å². The summed E-state index contributed by atoms with van der Waals surface area (Å²) in [6.45, 7) is 0.319. The molecule has 186 valence electrons. The Morgan fingerprint density at radius 2 is 1.73 bits per heavy atom. The predicted octanol–water partition coefficient (Wildman–Crippen LogP) is 6.23. The number of anilines is 1. The number of nitrogens with one attached hydrogen (secondary N) is 1. The third-order valence-electron chi connectivity index (χ3n) is 6.45. The molecule has 2 aliphatic rings. The van der Waals surface area contributed by atoms with Gasteiger partial charge in [-0.3, -0.25) is 14.4 Å². The Balaban J connectivity index is 1.45. The van der Waals surface area contributed by atoms with Crippen molar-refractivity contribution in [2.24, 2.45) is 5.92 Å². The van der Waals surface area contributed by atoms with Crippen molar-refractivity contribution < 1.29 is 14.3 Å². The van der Waals surface area contributed by atoms with E-state index in [1.165, 1.54) is 16.7 Å². The molecule has 10 heteroatoms. The van der Waals surface area contributed by atoms with Gasteiger partial charge in [-0.25, -0.2) is 4.90 Å². The zero-order valence-electron chi connectivity index (χ0n) is 19.0. The number of H-pyrrole nitrogens is 1. The summed E-state index contributed by atoms with van der Waals surface area (Å²) in [6, 6.07) is 22.1. The highest BCUT2D eigenvalue weighted by Gasteiger charge is 2.56. The summed E-state index contributed by atoms with van der Waals surface area (Å²) in [6.07, 6.45) is 0. The summed E-state index contributed by atoms with van der Waals surface area (Å²) in [7, 11) is 0. The third kappa shape index (κ3) is 4.44. The van der Waals surface area contributed by atoms with Crippen molar-refractivity contribution in [2.75, 3.05) is 4.90 Å². The summed E-state index contributed by atoms with van der Waals surface area (Å²) in [5.41, 5.74) is 2.17. The molecule has 3 atom stereocenters. The van der Waals surface area contributed by atoms with Crippen LogP contribution in [-0.4, -0.2) is 22.0 Å². The molecule has 6 rings (SSSR count). The fourth-order valence-corrected chi connectivity index (χ4v) is 7.78. The minimum Gasteiger partial charge on any atom is -0.489 e. The number of thiazole rings is 1. The van der Waals surface area contributed by atoms with Gasteiger partial charge in [-0.05, 0) is 48.0 Å². The molecule has 4 aromatic rings. The molecule has 0 saturated carbocycles. The lowest BCUT2D eigenvalue weighted by atomic mass is 9.82. The van der Waals surface area contributed by atoms with E-state index in [0.717, 1.165) is 21.4 Å². The lowest BCUT2D eigenvalue weighted by molar-refractivity contribution is -0.122. The SMILES string of the molecule is O=C1C2Sc3[nH]c(=O)sc3C(c3cc(Cl)ccc3OCc3ccccc3)C2C(=O)N1c1ccc(Br)cc1. The van der Waals surface area contributed by atoms with Gasteiger partial charge in [-0.15, -0.1) is 0 Å². The quantitative estimate of drug-likeness (QED) is 0.270. The molecular formula is C27H18BrClN2O4S2. The monoisotopic (exact) mass is 612 g/mol. The number of hydrogen-bond donors (Lipinski definition) is 1. The van der Waals surface area contributed by atoms with Crippen LogP contribution in [0.5, 0.6) is 5.75 Å². The number of aromatic amines is 1. The fraction of sp³-hybridized carbons (Fsp3) is 0.148. The van der Waals surface area contributed by atoms with Crippen molar-refractivity contribution in [1.29, 1.82) is 0 Å². The van der Waals surface area contributed by atoms with Gasteiger partial charge in [0.15, 0.2) is 0 Å². The number of amides is 2. The number of rotatable bonds is 5. The summed E-state index contributed by atoms with van der Waals surface area (Å²) < 4.78 is 7.07. The number of hydrogen-bond acceptors (Lipinski definition) is 6. The summed E-state index contributed by atoms with van der Waals surface area (Å²) >= 11 is 12.1. The van der Waals surface area contributed by atoms with Crippen molar-refractivity contribution in [2.45, 2.75) is 22.8 Å². The van der Waals surface area contributed by atoms with Gasteiger partial charge in [0.1, 0.15) is 17.6 Å². The van der Waals surface area contributed by atoms with Crippen molar-refractivity contribution in [1.82, 2.24) is 4.98 Å². The maximum atomic E-state index is 13.9. The first-order valence-corrected chi connectivity index (χ1v) is 14.3. The first-order valence-electron chi connectivity index (χ1n) is 11.4. The molecule has 0 radical (unpaired) electrons. The van der Waals surface area contributed by atoms with E-state index in [2.05, 4.69) is 20.9 Å². The molecule has 3 unspecified atom stereocenters. The van der Waals surface area contributed by atoms with Gasteiger partial charge in [0, 0.05) is 25.9 Å². The summed E-state index contributed by atoms with van der Waals surface area (Å²) in [5, 5.41) is 0.386. The summed E-state index contributed by atoms with van der Waals surface area (Å²) in [4.78, 5) is 44.5. The van der Waals surface area contributed by atoms with Gasteiger partial charge in [0.05, 0.1) is 16.6 Å². The molecule has 3 aromatic carbocycles. The van der Waals surface area contributed by atoms with Gasteiger partial charge in [0.25, 0.3) is 0 Å². The highest BCUT2D eigenvalue weighted by atomic mass is 79.9. The van der Waals surface area contributed by atoms with E-state index in [4.69, 9.17) is 16.3 Å². The van der Waals surface area contributed by atoms with Crippen LogP contribution in [0.1, 0.15) is 21.9 Å². The number of thioether (sulfide) groups is 1. The third-order valence-corrected chi connectivity index (χ3v) is 9.62. The molecule has 1 saturated heterocycles. The number of fused-ring (bicyclic) bond motifs is 2. The molecule has 6 nitrogen and oxygen atoms in total. The molecule has 1 N–H and O–H groups in total. The van der Waals surface area contributed by atoms with Crippen LogP contribution in [0.25, 0.3) is 0 Å². The van der Waals surface area contributed by atoms with Gasteiger partial charge < -0.3 is 9.72 Å². The standard InChI is InChI=1S/C27H18BrClN2O4S2/c28-15-6-9-17(10-7-15)31-25(32)21-20(22-24(30-27(34)37-22)36-23(21)26(31)33)18-12-16(29)8-11-19(18)35-13-14-4-2-1-3-5-14/h1-12,20-21,23H,13H2,(H,30,34). The molecule has 37 heavy (non-hydrogen) atoms. The second-order valence-corrected chi connectivity index (χ2v) is 12.2. The molecule has 3 heterocycles. The zero-order chi connectivity index (χ0) is 25.7. The molecule has 2 aliphatic heterocycles. The van der Waals surface area contributed by atoms with E-state index in [1.807, 2.05) is 30.3 Å². The Kier molecular flexibility index (Phi) is 6.48. The average molecular weight is 614 g/mol. The van der Waals surface area contributed by atoms with Crippen LogP contribution in [0.3, 0.4) is 0 Å². The predicted molar refractivity (Wildman–Crippen MR) is 149 cm³/mol. The van der Waals surface area contributed by atoms with Crippen LogP contribution in [-0.2, 0) is 16.2 Å². The molecule has 0 aliphatic carbocycles. The number of nitrogens with zero attached hydrogens (tertiary/aromatic N) is 1. The average Bonchev–Trinajstić information content (AvgIpc) is 3.39. The van der Waals surface area contributed by atoms with E-state index >= 15 is 0 Å². The Morgan fingerprint density at radius 3 is 2.49 bits per heavy atom. The minimum absolute atomic E-state index is 0.235. The fourth-order valence-electron chi connectivity index (χ4n) is 4.83. The lowest BCUT2D eigenvalue weighted by Gasteiger charge is -2.31. The highest BCUT2D eigenvalue weighted by molar-refractivity contribution is 9.10. The first-order chi connectivity index (χ1) is 17.9. The number of benzene rings is 3. The molecular weight excluding hydrogens is 596 g/mol. The van der Waals surface area contributed by atoms with E-state index in [9.17, 15) is 14.4 Å². The Labute approximate surface area is 233 Å². The smallest absolute Gasteiger partial charge is 0.305 e. The molecule has 2 amide bonds. The summed E-state index contributed by atoms with van der Waals surface area (Å²) in [5.74, 6) is -1.36. The zero-order valence-corrected chi connectivity index (χ0v) is 23.0. The van der Waals surface area contributed by atoms with Gasteiger partial charge in [-0.1, -0.05) is 81.0 Å². The minimum atomic E-state index is -0.724. The Morgan fingerprint density at radius 1 is 0.973 bits per heavy atom. The second-order valence-electron chi connectivity index (χ2n) is 8.69. The van der Waals surface area contributed by atoms with E-state index in [0.29, 0.717) is 38.5 Å². The van der Waals surface area contributed by atoms with Gasteiger partial charge in [0.2, 0.25) is 11.8 Å². The van der Waals surface area contributed by atoms with Crippen LogP contribution in [0, 0.1) is 5.92 Å². The topological polar surface area (TPSA) is 79.5 Å². The van der Waals surface area contributed by atoms with Crippen molar-refractivity contribution in [3.63, 3.8) is 0 Å². The lowest BCUT2D eigenvalue weighted by Crippen LogP contribution is -2.32. The highest BCUT2D eigenvalue weighted by Crippen LogP contribution is 2.54. The number of imide groups is 1. The molecule has 0 bridgehead atoms. The van der Waals surface area contributed by atoms with Gasteiger partial charge >= 0.3 is 4.87 Å². The number of aromatic nitrogens is 1. The second kappa shape index (κ2) is 9.79. The Bertz CT molecular complexity index is 1570. The van der Waals surface area contributed by atoms with Crippen LogP contribution in [0.15, 0.2) is 87.1 Å².